The van der Waals surface area contributed by atoms with Crippen LogP contribution in [0.15, 0.2) is 0 Å². The van der Waals surface area contributed by atoms with E-state index in [0.29, 0.717) is 0 Å². The van der Waals surface area contributed by atoms with E-state index in [2.05, 4.69) is 0 Å². The third-order valence-electron chi connectivity index (χ3n) is 0. The van der Waals surface area contributed by atoms with Crippen molar-refractivity contribution < 1.29 is 44.3 Å². The van der Waals surface area contributed by atoms with Gasteiger partial charge in [0.25, 0.3) is 0 Å². The minimum absolute atomic E-state index is 0. The van der Waals surface area contributed by atoms with Crippen molar-refractivity contribution >= 4 is 0 Å². The van der Waals surface area contributed by atoms with Gasteiger partial charge in [-0.2, -0.15) is 0 Å². The Bertz CT molecular complexity index is 73.7. The van der Waals surface area contributed by atoms with E-state index >= 15 is 0 Å². The van der Waals surface area contributed by atoms with Gasteiger partial charge in [-0.1, -0.05) is 0 Å². The molecule has 8 nitrogen and oxygen atoms in total. The summed E-state index contributed by atoms with van der Waals surface area (Å²) in [4.78, 5) is 16.5. The molecule has 0 aromatic heterocycles. The predicted molar refractivity (Wildman–Crippen MR) is 20.7 cm³/mol. The van der Waals surface area contributed by atoms with Gasteiger partial charge in [0.05, 0.1) is 10.2 Å². The largest absolute Gasteiger partial charge is 2.00 e. The normalized spacial score (nSPS) is 4.80. The standard InChI is InChI=1S/Fe.Mn.2NO3/c;;2*2-1(3)4/q;+2;2*-1. The van der Waals surface area contributed by atoms with Crippen LogP contribution in [0.5, 0.6) is 0 Å². The van der Waals surface area contributed by atoms with Crippen molar-refractivity contribution in [2.45, 2.75) is 0 Å². The SMILES string of the molecule is O=[N+]([O-])[O-].O=[N+]([O-])[O-].[Fe].[Mn+2]. The average Bonchev–Trinajstić information content (AvgIpc) is 1.25. The first-order valence-corrected chi connectivity index (χ1v) is 1.10. The summed E-state index contributed by atoms with van der Waals surface area (Å²) < 4.78 is 0. The van der Waals surface area contributed by atoms with Crippen LogP contribution < -0.4 is 0 Å². The number of hydrogen-bond donors (Lipinski definition) is 0. The van der Waals surface area contributed by atoms with Crippen molar-refractivity contribution in [3.05, 3.63) is 30.6 Å². The molecule has 0 atom stereocenters. The van der Waals surface area contributed by atoms with E-state index in [4.69, 9.17) is 30.6 Å². The fraction of sp³-hybridized carbons (Fsp3) is 0. The second-order valence-electron chi connectivity index (χ2n) is 0.447. The Morgan fingerprint density at radius 3 is 0.800 bits per heavy atom. The summed E-state index contributed by atoms with van der Waals surface area (Å²) in [6, 6.07) is 0. The number of rotatable bonds is 0. The molecular weight excluding hydrogens is 235 g/mol. The summed E-state index contributed by atoms with van der Waals surface area (Å²) in [5.41, 5.74) is 0. The van der Waals surface area contributed by atoms with Gasteiger partial charge in [-0.3, -0.25) is 0 Å². The molecule has 0 aromatic rings. The maximum Gasteiger partial charge on any atom is 2.00 e. The Labute approximate surface area is 75.4 Å². The quantitative estimate of drug-likeness (QED) is 0.316. The van der Waals surface area contributed by atoms with E-state index in [0.717, 1.165) is 0 Å². The Hall–Kier alpha value is -0.561. The fourth-order valence-electron chi connectivity index (χ4n) is 0. The van der Waals surface area contributed by atoms with Gasteiger partial charge in [0.15, 0.2) is 0 Å². The molecule has 61 valence electrons. The van der Waals surface area contributed by atoms with Crippen LogP contribution in [0.4, 0.5) is 0 Å². The summed E-state index contributed by atoms with van der Waals surface area (Å²) in [7, 11) is 0. The predicted octanol–water partition coefficient (Wildman–Crippen LogP) is -0.483. The molecule has 0 fully saturated rings. The molecule has 0 N–H and O–H groups in total. The van der Waals surface area contributed by atoms with Gasteiger partial charge < -0.3 is 30.6 Å². The minimum Gasteiger partial charge on any atom is -0.356 e. The number of hydrogen-bond acceptors (Lipinski definition) is 6. The summed E-state index contributed by atoms with van der Waals surface area (Å²) in [6.45, 7) is 0. The third kappa shape index (κ3) is 980. The van der Waals surface area contributed by atoms with E-state index in [1.54, 1.807) is 0 Å². The topological polar surface area (TPSA) is 132 Å². The molecule has 0 aliphatic carbocycles. The molecule has 0 unspecified atom stereocenters. The van der Waals surface area contributed by atoms with Gasteiger partial charge >= 0.3 is 17.1 Å². The molecule has 0 bridgehead atoms. The molecule has 0 heterocycles. The molecule has 0 aliphatic rings. The van der Waals surface area contributed by atoms with Crippen molar-refractivity contribution in [2.24, 2.45) is 0 Å². The Balaban J connectivity index is -0.0000000300. The van der Waals surface area contributed by atoms with Crippen molar-refractivity contribution in [1.29, 1.82) is 0 Å². The van der Waals surface area contributed by atoms with Crippen LogP contribution in [-0.4, -0.2) is 10.2 Å². The monoisotopic (exact) mass is 235 g/mol. The molecule has 0 amide bonds. The van der Waals surface area contributed by atoms with Crippen LogP contribution in [0.1, 0.15) is 0 Å². The average molecular weight is 235 g/mol. The zero-order valence-electron chi connectivity index (χ0n) is 4.08. The summed E-state index contributed by atoms with van der Waals surface area (Å²) in [5, 5.41) is 29.5. The molecule has 10 heteroatoms. The van der Waals surface area contributed by atoms with E-state index in [1.165, 1.54) is 0 Å². The molecule has 10 heavy (non-hydrogen) atoms. The van der Waals surface area contributed by atoms with Crippen LogP contribution in [-0.2, 0) is 34.1 Å². The zero-order chi connectivity index (χ0) is 7.15. The van der Waals surface area contributed by atoms with Gasteiger partial charge in [0.2, 0.25) is 0 Å². The van der Waals surface area contributed by atoms with Crippen molar-refractivity contribution in [3.63, 3.8) is 0 Å². The van der Waals surface area contributed by atoms with E-state index in [1.807, 2.05) is 0 Å². The van der Waals surface area contributed by atoms with Gasteiger partial charge in [-0.05, 0) is 0 Å². The van der Waals surface area contributed by atoms with Gasteiger partial charge in [0, 0.05) is 17.1 Å². The van der Waals surface area contributed by atoms with Crippen LogP contribution in [0, 0.1) is 30.6 Å². The first-order valence-electron chi connectivity index (χ1n) is 1.10. The number of nitrogens with zero attached hydrogens (tertiary/aromatic N) is 2. The molecule has 0 aromatic carbocycles. The minimum atomic E-state index is -1.75. The second kappa shape index (κ2) is 15.8. The Morgan fingerprint density at radius 1 is 0.800 bits per heavy atom. The van der Waals surface area contributed by atoms with Crippen molar-refractivity contribution in [1.82, 2.24) is 0 Å². The van der Waals surface area contributed by atoms with Crippen molar-refractivity contribution in [2.75, 3.05) is 0 Å². The Kier molecular flexibility index (Phi) is 35.9. The molecule has 0 rings (SSSR count). The van der Waals surface area contributed by atoms with Crippen LogP contribution in [0.2, 0.25) is 0 Å². The van der Waals surface area contributed by atoms with E-state index in [-0.39, 0.29) is 34.1 Å². The fourth-order valence-corrected chi connectivity index (χ4v) is 0. The van der Waals surface area contributed by atoms with Crippen LogP contribution >= 0.6 is 0 Å². The summed E-state index contributed by atoms with van der Waals surface area (Å²) in [5.74, 6) is 0. The summed E-state index contributed by atoms with van der Waals surface area (Å²) in [6.07, 6.45) is 0. The molecule has 0 aliphatic heterocycles. The smallest absolute Gasteiger partial charge is 0.356 e. The molecule has 1 radical (unpaired) electrons. The summed E-state index contributed by atoms with van der Waals surface area (Å²) >= 11 is 0. The Morgan fingerprint density at radius 2 is 0.800 bits per heavy atom. The van der Waals surface area contributed by atoms with E-state index < -0.39 is 10.2 Å². The first kappa shape index (κ1) is 22.7. The van der Waals surface area contributed by atoms with Crippen molar-refractivity contribution in [3.8, 4) is 0 Å². The van der Waals surface area contributed by atoms with Gasteiger partial charge in [-0.15, -0.1) is 0 Å². The van der Waals surface area contributed by atoms with E-state index in [9.17, 15) is 0 Å². The van der Waals surface area contributed by atoms with Gasteiger partial charge in [0.1, 0.15) is 0 Å². The maximum absolute atomic E-state index is 8.25. The third-order valence-corrected chi connectivity index (χ3v) is 0. The molecule has 0 spiro atoms. The zero-order valence-corrected chi connectivity index (χ0v) is 6.36. The molecule has 0 saturated heterocycles. The maximum atomic E-state index is 8.25. The molecule has 0 saturated carbocycles. The van der Waals surface area contributed by atoms with Gasteiger partial charge in [-0.25, -0.2) is 0 Å². The molecular formula is FeMnN2O6. The van der Waals surface area contributed by atoms with Crippen LogP contribution in [0.25, 0.3) is 0 Å². The second-order valence-corrected chi connectivity index (χ2v) is 0.447. The van der Waals surface area contributed by atoms with Crippen LogP contribution in [0.3, 0.4) is 0 Å². The first-order chi connectivity index (χ1) is 3.46.